The highest BCUT2D eigenvalue weighted by atomic mass is 16.6. The Bertz CT molecular complexity index is 751. The van der Waals surface area contributed by atoms with Crippen molar-refractivity contribution in [1.29, 1.82) is 0 Å². The molecular weight excluding hydrogens is 254 g/mol. The lowest BCUT2D eigenvalue weighted by Gasteiger charge is -2.07. The van der Waals surface area contributed by atoms with Crippen molar-refractivity contribution in [1.82, 2.24) is 9.78 Å². The summed E-state index contributed by atoms with van der Waals surface area (Å²) >= 11 is 0. The molecule has 0 bridgehead atoms. The van der Waals surface area contributed by atoms with Crippen molar-refractivity contribution >= 4 is 5.69 Å². The van der Waals surface area contributed by atoms with Gasteiger partial charge in [-0.15, -0.1) is 0 Å². The maximum Gasteiger partial charge on any atom is 0.278 e. The molecule has 0 fully saturated rings. The first-order chi connectivity index (χ1) is 9.77. The van der Waals surface area contributed by atoms with Crippen LogP contribution in [0.2, 0.25) is 0 Å². The summed E-state index contributed by atoms with van der Waals surface area (Å²) in [4.78, 5) is 10.8. The van der Waals surface area contributed by atoms with Crippen LogP contribution < -0.4 is 0 Å². The highest BCUT2D eigenvalue weighted by molar-refractivity contribution is 5.71. The number of rotatable bonds is 3. The second-order valence-electron chi connectivity index (χ2n) is 4.24. The lowest BCUT2D eigenvalue weighted by molar-refractivity contribution is -0.384. The summed E-state index contributed by atoms with van der Waals surface area (Å²) in [7, 11) is 0. The molecule has 0 aliphatic rings. The molecule has 3 aromatic rings. The molecule has 20 heavy (non-hydrogen) atoms. The SMILES string of the molecule is O=[N+]([O-])c1ccccc1-c1ccnn1-c1ccccc1. The van der Waals surface area contributed by atoms with Gasteiger partial charge in [0.2, 0.25) is 0 Å². The molecule has 5 nitrogen and oxygen atoms in total. The Morgan fingerprint density at radius 3 is 2.40 bits per heavy atom. The molecular formula is C15H11N3O2. The first kappa shape index (κ1) is 12.1. The average Bonchev–Trinajstić information content (AvgIpc) is 2.97. The van der Waals surface area contributed by atoms with E-state index in [2.05, 4.69) is 5.10 Å². The summed E-state index contributed by atoms with van der Waals surface area (Å²) in [5.41, 5.74) is 2.19. The fraction of sp³-hybridized carbons (Fsp3) is 0. The summed E-state index contributed by atoms with van der Waals surface area (Å²) in [5, 5.41) is 15.4. The van der Waals surface area contributed by atoms with Crippen LogP contribution in [-0.4, -0.2) is 14.7 Å². The molecule has 1 heterocycles. The lowest BCUT2D eigenvalue weighted by atomic mass is 10.1. The van der Waals surface area contributed by atoms with Crippen LogP contribution in [0.25, 0.3) is 16.9 Å². The maximum atomic E-state index is 11.1. The number of aromatic nitrogens is 2. The van der Waals surface area contributed by atoms with E-state index in [1.54, 1.807) is 35.1 Å². The fourth-order valence-electron chi connectivity index (χ4n) is 2.13. The Balaban J connectivity index is 2.18. The minimum atomic E-state index is -0.377. The van der Waals surface area contributed by atoms with Gasteiger partial charge in [0.05, 0.1) is 28.1 Å². The van der Waals surface area contributed by atoms with Gasteiger partial charge in [-0.1, -0.05) is 30.3 Å². The van der Waals surface area contributed by atoms with Gasteiger partial charge in [-0.3, -0.25) is 10.1 Å². The zero-order chi connectivity index (χ0) is 13.9. The van der Waals surface area contributed by atoms with E-state index in [4.69, 9.17) is 0 Å². The zero-order valence-corrected chi connectivity index (χ0v) is 10.5. The third-order valence-electron chi connectivity index (χ3n) is 3.02. The van der Waals surface area contributed by atoms with Crippen molar-refractivity contribution in [3.8, 4) is 16.9 Å². The monoisotopic (exact) mass is 265 g/mol. The van der Waals surface area contributed by atoms with E-state index >= 15 is 0 Å². The number of nitrogens with zero attached hydrogens (tertiary/aromatic N) is 3. The van der Waals surface area contributed by atoms with Gasteiger partial charge in [0, 0.05) is 6.07 Å². The van der Waals surface area contributed by atoms with Gasteiger partial charge in [-0.25, -0.2) is 4.68 Å². The standard InChI is InChI=1S/C15H11N3O2/c19-18(20)15-9-5-4-8-13(15)14-10-11-16-17(14)12-6-2-1-3-7-12/h1-11H. The van der Waals surface area contributed by atoms with Crippen molar-refractivity contribution in [2.75, 3.05) is 0 Å². The Kier molecular flexibility index (Phi) is 3.01. The van der Waals surface area contributed by atoms with Gasteiger partial charge in [-0.2, -0.15) is 5.10 Å². The molecule has 2 aromatic carbocycles. The van der Waals surface area contributed by atoms with Crippen LogP contribution in [0.3, 0.4) is 0 Å². The summed E-state index contributed by atoms with van der Waals surface area (Å²) < 4.78 is 1.70. The Morgan fingerprint density at radius 1 is 0.950 bits per heavy atom. The number of hydrogen-bond acceptors (Lipinski definition) is 3. The van der Waals surface area contributed by atoms with Gasteiger partial charge in [0.25, 0.3) is 5.69 Å². The minimum Gasteiger partial charge on any atom is -0.258 e. The van der Waals surface area contributed by atoms with E-state index in [0.717, 1.165) is 5.69 Å². The topological polar surface area (TPSA) is 61.0 Å². The molecule has 0 aliphatic heterocycles. The van der Waals surface area contributed by atoms with Crippen molar-refractivity contribution in [2.24, 2.45) is 0 Å². The van der Waals surface area contributed by atoms with Crippen LogP contribution in [0, 0.1) is 10.1 Å². The highest BCUT2D eigenvalue weighted by Gasteiger charge is 2.17. The summed E-state index contributed by atoms with van der Waals surface area (Å²) in [6.45, 7) is 0. The summed E-state index contributed by atoms with van der Waals surface area (Å²) in [6.07, 6.45) is 1.64. The second kappa shape index (κ2) is 4.97. The van der Waals surface area contributed by atoms with Crippen LogP contribution in [0.5, 0.6) is 0 Å². The predicted octanol–water partition coefficient (Wildman–Crippen LogP) is 3.45. The van der Waals surface area contributed by atoms with E-state index in [-0.39, 0.29) is 10.6 Å². The van der Waals surface area contributed by atoms with Crippen molar-refractivity contribution in [3.05, 3.63) is 77.0 Å². The highest BCUT2D eigenvalue weighted by Crippen LogP contribution is 2.30. The molecule has 0 saturated heterocycles. The van der Waals surface area contributed by atoms with Gasteiger partial charge < -0.3 is 0 Å². The Morgan fingerprint density at radius 2 is 1.65 bits per heavy atom. The van der Waals surface area contributed by atoms with Crippen LogP contribution in [0.15, 0.2) is 66.9 Å². The third kappa shape index (κ3) is 2.05. The number of benzene rings is 2. The first-order valence-electron chi connectivity index (χ1n) is 6.10. The summed E-state index contributed by atoms with van der Waals surface area (Å²) in [6, 6.07) is 18.0. The van der Waals surface area contributed by atoms with Crippen molar-refractivity contribution in [3.63, 3.8) is 0 Å². The minimum absolute atomic E-state index is 0.0742. The first-order valence-corrected chi connectivity index (χ1v) is 6.10. The van der Waals surface area contributed by atoms with Crippen LogP contribution in [-0.2, 0) is 0 Å². The third-order valence-corrected chi connectivity index (χ3v) is 3.02. The maximum absolute atomic E-state index is 11.1. The quantitative estimate of drug-likeness (QED) is 0.538. The van der Waals surface area contributed by atoms with E-state index in [9.17, 15) is 10.1 Å². The number of nitro benzene ring substituents is 1. The van der Waals surface area contributed by atoms with Crippen LogP contribution in [0.4, 0.5) is 5.69 Å². The Labute approximate surface area is 115 Å². The molecule has 0 radical (unpaired) electrons. The fourth-order valence-corrected chi connectivity index (χ4v) is 2.13. The number of para-hydroxylation sites is 2. The molecule has 1 aromatic heterocycles. The molecule has 3 rings (SSSR count). The largest absolute Gasteiger partial charge is 0.278 e. The van der Waals surface area contributed by atoms with Gasteiger partial charge >= 0.3 is 0 Å². The Hall–Kier alpha value is -2.95. The summed E-state index contributed by atoms with van der Waals surface area (Å²) in [5.74, 6) is 0. The zero-order valence-electron chi connectivity index (χ0n) is 10.5. The smallest absolute Gasteiger partial charge is 0.258 e. The predicted molar refractivity (Wildman–Crippen MR) is 75.7 cm³/mol. The average molecular weight is 265 g/mol. The molecule has 0 N–H and O–H groups in total. The van der Waals surface area contributed by atoms with E-state index < -0.39 is 0 Å². The molecule has 0 spiro atoms. The molecule has 0 saturated carbocycles. The number of hydrogen-bond donors (Lipinski definition) is 0. The molecule has 98 valence electrons. The van der Waals surface area contributed by atoms with E-state index in [1.807, 2.05) is 30.3 Å². The molecule has 0 aliphatic carbocycles. The van der Waals surface area contributed by atoms with Gasteiger partial charge in [0.15, 0.2) is 0 Å². The molecule has 0 atom stereocenters. The van der Waals surface area contributed by atoms with Crippen molar-refractivity contribution < 1.29 is 4.92 Å². The molecule has 0 amide bonds. The number of nitro groups is 1. The normalized spacial score (nSPS) is 10.4. The van der Waals surface area contributed by atoms with Crippen LogP contribution >= 0.6 is 0 Å². The second-order valence-corrected chi connectivity index (χ2v) is 4.24. The molecule has 5 heteroatoms. The van der Waals surface area contributed by atoms with E-state index in [1.165, 1.54) is 6.07 Å². The molecule has 0 unspecified atom stereocenters. The van der Waals surface area contributed by atoms with Crippen LogP contribution in [0.1, 0.15) is 0 Å². The van der Waals surface area contributed by atoms with E-state index in [0.29, 0.717) is 11.3 Å². The van der Waals surface area contributed by atoms with Gasteiger partial charge in [0.1, 0.15) is 0 Å². The van der Waals surface area contributed by atoms with Gasteiger partial charge in [-0.05, 0) is 24.3 Å². The lowest BCUT2D eigenvalue weighted by Crippen LogP contribution is -2.00. The van der Waals surface area contributed by atoms with Crippen molar-refractivity contribution in [2.45, 2.75) is 0 Å².